The Bertz CT molecular complexity index is 419. The van der Waals surface area contributed by atoms with Crippen LogP contribution in [0.5, 0.6) is 5.88 Å². The van der Waals surface area contributed by atoms with Gasteiger partial charge >= 0.3 is 0 Å². The summed E-state index contributed by atoms with van der Waals surface area (Å²) in [6.07, 6.45) is 8.82. The molecule has 0 saturated heterocycles. The molecule has 19 heavy (non-hydrogen) atoms. The van der Waals surface area contributed by atoms with E-state index in [2.05, 4.69) is 16.6 Å². The van der Waals surface area contributed by atoms with Gasteiger partial charge in [0.15, 0.2) is 0 Å². The van der Waals surface area contributed by atoms with Gasteiger partial charge in [0.1, 0.15) is 5.82 Å². The van der Waals surface area contributed by atoms with Crippen LogP contribution in [-0.4, -0.2) is 29.6 Å². The lowest BCUT2D eigenvalue weighted by Gasteiger charge is -2.36. The molecule has 0 unspecified atom stereocenters. The van der Waals surface area contributed by atoms with Gasteiger partial charge < -0.3 is 15.8 Å². The molecule has 0 atom stereocenters. The predicted molar refractivity (Wildman–Crippen MR) is 83.0 cm³/mol. The molecule has 1 aliphatic rings. The third kappa shape index (κ3) is 3.47. The standard InChI is InChI=1S/C14H23N3OS/c1-18-13-11(15)6-7-12(17-13)16-10-14(19-2)8-4-3-5-9-14/h6-7H,3-5,8-10,15H2,1-2H3,(H,16,17). The zero-order valence-corrected chi connectivity index (χ0v) is 12.6. The molecule has 0 radical (unpaired) electrons. The van der Waals surface area contributed by atoms with Crippen LogP contribution in [0.25, 0.3) is 0 Å². The predicted octanol–water partition coefficient (Wildman–Crippen LogP) is 3.15. The molecule has 0 aromatic carbocycles. The van der Waals surface area contributed by atoms with Crippen LogP contribution in [0.2, 0.25) is 0 Å². The summed E-state index contributed by atoms with van der Waals surface area (Å²) < 4.78 is 5.50. The van der Waals surface area contributed by atoms with E-state index in [1.807, 2.05) is 23.9 Å². The van der Waals surface area contributed by atoms with Crippen molar-refractivity contribution in [3.63, 3.8) is 0 Å². The van der Waals surface area contributed by atoms with Crippen LogP contribution in [0.1, 0.15) is 32.1 Å². The van der Waals surface area contributed by atoms with Crippen LogP contribution in [-0.2, 0) is 0 Å². The largest absolute Gasteiger partial charge is 0.479 e. The number of methoxy groups -OCH3 is 1. The molecule has 0 aliphatic heterocycles. The summed E-state index contributed by atoms with van der Waals surface area (Å²) in [6.45, 7) is 0.953. The molecule has 1 aromatic rings. The fourth-order valence-electron chi connectivity index (χ4n) is 2.61. The van der Waals surface area contributed by atoms with Crippen molar-refractivity contribution in [1.29, 1.82) is 0 Å². The Morgan fingerprint density at radius 2 is 2.11 bits per heavy atom. The number of hydrogen-bond donors (Lipinski definition) is 2. The van der Waals surface area contributed by atoms with Gasteiger partial charge in [0.25, 0.3) is 0 Å². The smallest absolute Gasteiger partial charge is 0.238 e. The highest BCUT2D eigenvalue weighted by molar-refractivity contribution is 8.00. The first-order valence-electron chi connectivity index (χ1n) is 6.79. The molecule has 3 N–H and O–H groups in total. The van der Waals surface area contributed by atoms with E-state index in [0.717, 1.165) is 12.4 Å². The van der Waals surface area contributed by atoms with Crippen molar-refractivity contribution in [3.05, 3.63) is 12.1 Å². The number of nitrogens with two attached hydrogens (primary N) is 1. The van der Waals surface area contributed by atoms with Gasteiger partial charge in [-0.2, -0.15) is 16.7 Å². The molecule has 1 aromatic heterocycles. The van der Waals surface area contributed by atoms with Crippen LogP contribution < -0.4 is 15.8 Å². The molecule has 0 spiro atoms. The molecule has 0 bridgehead atoms. The minimum Gasteiger partial charge on any atom is -0.479 e. The number of anilines is 2. The van der Waals surface area contributed by atoms with E-state index in [9.17, 15) is 0 Å². The number of ether oxygens (including phenoxy) is 1. The zero-order valence-electron chi connectivity index (χ0n) is 11.7. The summed E-state index contributed by atoms with van der Waals surface area (Å²) in [5, 5.41) is 3.44. The Labute approximate surface area is 119 Å². The number of rotatable bonds is 5. The minimum atomic E-state index is 0.356. The summed E-state index contributed by atoms with van der Waals surface area (Å²) in [6, 6.07) is 3.75. The second kappa shape index (κ2) is 6.37. The third-order valence-corrected chi connectivity index (χ3v) is 5.29. The summed E-state index contributed by atoms with van der Waals surface area (Å²) in [7, 11) is 1.59. The summed E-state index contributed by atoms with van der Waals surface area (Å²) >= 11 is 1.98. The molecule has 1 saturated carbocycles. The summed E-state index contributed by atoms with van der Waals surface area (Å²) in [5.74, 6) is 1.33. The van der Waals surface area contributed by atoms with Crippen molar-refractivity contribution in [2.75, 3.05) is 31.0 Å². The van der Waals surface area contributed by atoms with Gasteiger partial charge in [0.2, 0.25) is 5.88 Å². The number of pyridine rings is 1. The molecule has 0 amide bonds. The monoisotopic (exact) mass is 281 g/mol. The number of nitrogens with zero attached hydrogens (tertiary/aromatic N) is 1. The number of thioether (sulfide) groups is 1. The molecule has 4 nitrogen and oxygen atoms in total. The van der Waals surface area contributed by atoms with Crippen LogP contribution in [0, 0.1) is 0 Å². The first-order chi connectivity index (χ1) is 9.19. The van der Waals surface area contributed by atoms with Crippen LogP contribution >= 0.6 is 11.8 Å². The van der Waals surface area contributed by atoms with E-state index in [-0.39, 0.29) is 0 Å². The number of nitrogen functional groups attached to an aromatic ring is 1. The van der Waals surface area contributed by atoms with Gasteiger partial charge in [-0.1, -0.05) is 19.3 Å². The first kappa shape index (κ1) is 14.3. The normalized spacial score (nSPS) is 18.0. The van der Waals surface area contributed by atoms with Crippen molar-refractivity contribution in [2.24, 2.45) is 0 Å². The SMILES string of the molecule is COc1nc(NCC2(SC)CCCCC2)ccc1N. The molecular weight excluding hydrogens is 258 g/mol. The molecule has 1 aliphatic carbocycles. The van der Waals surface area contributed by atoms with E-state index in [1.54, 1.807) is 7.11 Å². The summed E-state index contributed by atoms with van der Waals surface area (Å²) in [5.41, 5.74) is 6.35. The molecule has 1 heterocycles. The second-order valence-corrected chi connectivity index (χ2v) is 6.37. The van der Waals surface area contributed by atoms with Gasteiger partial charge in [-0.3, -0.25) is 0 Å². The van der Waals surface area contributed by atoms with Crippen molar-refractivity contribution < 1.29 is 4.74 Å². The van der Waals surface area contributed by atoms with Crippen molar-refractivity contribution in [1.82, 2.24) is 4.98 Å². The Hall–Kier alpha value is -1.10. The fourth-order valence-corrected chi connectivity index (χ4v) is 3.53. The highest BCUT2D eigenvalue weighted by atomic mass is 32.2. The Morgan fingerprint density at radius 1 is 1.37 bits per heavy atom. The van der Waals surface area contributed by atoms with Crippen molar-refractivity contribution in [2.45, 2.75) is 36.9 Å². The van der Waals surface area contributed by atoms with E-state index >= 15 is 0 Å². The number of nitrogens with one attached hydrogen (secondary N) is 1. The average Bonchev–Trinajstić information content (AvgIpc) is 2.47. The highest BCUT2D eigenvalue weighted by Crippen LogP contribution is 2.38. The molecule has 5 heteroatoms. The minimum absolute atomic E-state index is 0.356. The maximum Gasteiger partial charge on any atom is 0.238 e. The van der Waals surface area contributed by atoms with E-state index in [0.29, 0.717) is 16.3 Å². The molecule has 1 fully saturated rings. The van der Waals surface area contributed by atoms with Crippen LogP contribution in [0.3, 0.4) is 0 Å². The topological polar surface area (TPSA) is 60.2 Å². The number of hydrogen-bond acceptors (Lipinski definition) is 5. The Kier molecular flexibility index (Phi) is 4.80. The molecule has 2 rings (SSSR count). The van der Waals surface area contributed by atoms with Gasteiger partial charge in [0, 0.05) is 11.3 Å². The third-order valence-electron chi connectivity index (χ3n) is 3.87. The average molecular weight is 281 g/mol. The lowest BCUT2D eigenvalue weighted by atomic mass is 9.88. The maximum atomic E-state index is 5.77. The second-order valence-electron chi connectivity index (χ2n) is 5.10. The zero-order chi connectivity index (χ0) is 13.7. The van der Waals surface area contributed by atoms with Crippen LogP contribution in [0.4, 0.5) is 11.5 Å². The summed E-state index contributed by atoms with van der Waals surface area (Å²) in [4.78, 5) is 4.37. The molecular formula is C14H23N3OS. The van der Waals surface area contributed by atoms with Gasteiger partial charge in [-0.05, 0) is 31.2 Å². The Morgan fingerprint density at radius 3 is 2.74 bits per heavy atom. The number of aromatic nitrogens is 1. The van der Waals surface area contributed by atoms with Crippen molar-refractivity contribution >= 4 is 23.3 Å². The van der Waals surface area contributed by atoms with E-state index < -0.39 is 0 Å². The fraction of sp³-hybridized carbons (Fsp3) is 0.643. The lowest BCUT2D eigenvalue weighted by Crippen LogP contribution is -2.35. The highest BCUT2D eigenvalue weighted by Gasteiger charge is 2.30. The van der Waals surface area contributed by atoms with Crippen molar-refractivity contribution in [3.8, 4) is 5.88 Å². The van der Waals surface area contributed by atoms with E-state index in [4.69, 9.17) is 10.5 Å². The quantitative estimate of drug-likeness (QED) is 0.868. The molecule has 106 valence electrons. The lowest BCUT2D eigenvalue weighted by molar-refractivity contribution is 0.399. The maximum absolute atomic E-state index is 5.77. The van der Waals surface area contributed by atoms with Gasteiger partial charge in [-0.25, -0.2) is 0 Å². The van der Waals surface area contributed by atoms with Gasteiger partial charge in [-0.15, -0.1) is 0 Å². The Balaban J connectivity index is 2.00. The van der Waals surface area contributed by atoms with E-state index in [1.165, 1.54) is 32.1 Å². The van der Waals surface area contributed by atoms with Crippen LogP contribution in [0.15, 0.2) is 12.1 Å². The first-order valence-corrected chi connectivity index (χ1v) is 8.01. The van der Waals surface area contributed by atoms with Gasteiger partial charge in [0.05, 0.1) is 12.8 Å².